The number of nitrogens with zero attached hydrogens (tertiary/aromatic N) is 3. The average Bonchev–Trinajstić information content (AvgIpc) is 3.32. The monoisotopic (exact) mass is 390 g/mol. The van der Waals surface area contributed by atoms with Crippen LogP contribution in [0, 0.1) is 0 Å². The lowest BCUT2D eigenvalue weighted by atomic mass is 10.1. The highest BCUT2D eigenvalue weighted by Gasteiger charge is 2.23. The number of fused-ring (bicyclic) bond motifs is 3. The van der Waals surface area contributed by atoms with Gasteiger partial charge in [-0.15, -0.1) is 5.10 Å². The summed E-state index contributed by atoms with van der Waals surface area (Å²) in [4.78, 5) is 4.07. The zero-order valence-corrected chi connectivity index (χ0v) is 15.3. The minimum absolute atomic E-state index is 0.155. The maximum Gasteiger partial charge on any atom is 0.330 e. The highest BCUT2D eigenvalue weighted by molar-refractivity contribution is 7.92. The van der Waals surface area contributed by atoms with E-state index < -0.39 is 10.0 Å². The summed E-state index contributed by atoms with van der Waals surface area (Å²) in [6, 6.07) is 16.4. The summed E-state index contributed by atoms with van der Waals surface area (Å²) < 4.78 is 33.3. The van der Waals surface area contributed by atoms with Crippen LogP contribution in [0.3, 0.4) is 0 Å². The zero-order valence-electron chi connectivity index (χ0n) is 14.5. The number of anilines is 1. The Morgan fingerprint density at radius 1 is 0.893 bits per heavy atom. The third kappa shape index (κ3) is 2.84. The Bertz CT molecular complexity index is 1280. The number of sulfonamides is 1. The van der Waals surface area contributed by atoms with Crippen molar-refractivity contribution in [2.45, 2.75) is 11.3 Å². The summed E-state index contributed by atoms with van der Waals surface area (Å²) in [6.07, 6.45) is 3.89. The van der Waals surface area contributed by atoms with Crippen LogP contribution in [0.15, 0.2) is 76.3 Å². The van der Waals surface area contributed by atoms with Crippen molar-refractivity contribution in [3.63, 3.8) is 0 Å². The SMILES string of the molecule is O=S(=O)(Nc1nnc(-c2ccncc2)o1)c1ccc2c(c1)Cc1ccccc1-2. The van der Waals surface area contributed by atoms with Gasteiger partial charge in [-0.05, 0) is 52.9 Å². The third-order valence-electron chi connectivity index (χ3n) is 4.65. The minimum Gasteiger partial charge on any atom is -0.403 e. The fourth-order valence-corrected chi connectivity index (χ4v) is 4.31. The van der Waals surface area contributed by atoms with Gasteiger partial charge in [0.15, 0.2) is 0 Å². The van der Waals surface area contributed by atoms with E-state index in [0.717, 1.165) is 16.7 Å². The summed E-state index contributed by atoms with van der Waals surface area (Å²) in [6.45, 7) is 0. The second-order valence-corrected chi connectivity index (χ2v) is 8.09. The molecule has 1 aliphatic carbocycles. The van der Waals surface area contributed by atoms with Crippen molar-refractivity contribution in [3.05, 3.63) is 78.1 Å². The molecule has 0 saturated carbocycles. The van der Waals surface area contributed by atoms with E-state index >= 15 is 0 Å². The predicted molar refractivity (Wildman–Crippen MR) is 103 cm³/mol. The van der Waals surface area contributed by atoms with Crippen molar-refractivity contribution in [3.8, 4) is 22.6 Å². The van der Waals surface area contributed by atoms with Crippen LogP contribution in [0.25, 0.3) is 22.6 Å². The fraction of sp³-hybridized carbons (Fsp3) is 0.0500. The Balaban J connectivity index is 1.43. The lowest BCUT2D eigenvalue weighted by Crippen LogP contribution is -2.13. The highest BCUT2D eigenvalue weighted by atomic mass is 32.2. The molecule has 0 radical (unpaired) electrons. The number of pyridine rings is 1. The van der Waals surface area contributed by atoms with Gasteiger partial charge in [0, 0.05) is 18.0 Å². The van der Waals surface area contributed by atoms with Crippen molar-refractivity contribution in [2.75, 3.05) is 4.72 Å². The number of hydrogen-bond donors (Lipinski definition) is 1. The van der Waals surface area contributed by atoms with E-state index in [4.69, 9.17) is 4.42 Å². The first kappa shape index (κ1) is 16.6. The first-order chi connectivity index (χ1) is 13.6. The molecule has 2 aromatic carbocycles. The maximum absolute atomic E-state index is 12.8. The molecule has 0 amide bonds. The molecule has 4 aromatic rings. The van der Waals surface area contributed by atoms with Gasteiger partial charge in [-0.25, -0.2) is 13.1 Å². The molecule has 8 heteroatoms. The first-order valence-corrected chi connectivity index (χ1v) is 10.1. The maximum atomic E-state index is 12.8. The second kappa shape index (κ2) is 6.28. The molecule has 0 spiro atoms. The van der Waals surface area contributed by atoms with Crippen LogP contribution in [-0.2, 0) is 16.4 Å². The van der Waals surface area contributed by atoms with Crippen LogP contribution >= 0.6 is 0 Å². The standard InChI is InChI=1S/C20H14N4O3S/c25-28(26,24-20-23-22-19(27-20)13-7-9-21-10-8-13)16-5-6-18-15(12-16)11-14-3-1-2-4-17(14)18/h1-10,12H,11H2,(H,23,24). The molecule has 28 heavy (non-hydrogen) atoms. The number of rotatable bonds is 4. The van der Waals surface area contributed by atoms with Gasteiger partial charge in [0.2, 0.25) is 5.89 Å². The van der Waals surface area contributed by atoms with E-state index in [1.54, 1.807) is 36.7 Å². The number of benzene rings is 2. The molecule has 2 aromatic heterocycles. The number of hydrogen-bond acceptors (Lipinski definition) is 6. The van der Waals surface area contributed by atoms with Gasteiger partial charge in [-0.3, -0.25) is 4.98 Å². The molecule has 0 aliphatic heterocycles. The molecular weight excluding hydrogens is 376 g/mol. The molecular formula is C20H14N4O3S. The van der Waals surface area contributed by atoms with Crippen LogP contribution < -0.4 is 4.72 Å². The summed E-state index contributed by atoms with van der Waals surface area (Å²) in [7, 11) is -3.85. The van der Waals surface area contributed by atoms with Crippen molar-refractivity contribution in [1.82, 2.24) is 15.2 Å². The molecule has 0 saturated heterocycles. The Morgan fingerprint density at radius 3 is 2.54 bits per heavy atom. The Hall–Kier alpha value is -3.52. The molecule has 1 aliphatic rings. The Morgan fingerprint density at radius 2 is 1.68 bits per heavy atom. The van der Waals surface area contributed by atoms with Crippen LogP contribution in [0.2, 0.25) is 0 Å². The molecule has 0 atom stereocenters. The van der Waals surface area contributed by atoms with E-state index in [1.165, 1.54) is 5.56 Å². The zero-order chi connectivity index (χ0) is 19.1. The number of aromatic nitrogens is 3. The highest BCUT2D eigenvalue weighted by Crippen LogP contribution is 2.37. The molecule has 138 valence electrons. The van der Waals surface area contributed by atoms with Gasteiger partial charge in [-0.1, -0.05) is 35.4 Å². The van der Waals surface area contributed by atoms with Crippen LogP contribution in [0.1, 0.15) is 11.1 Å². The van der Waals surface area contributed by atoms with E-state index in [-0.39, 0.29) is 16.8 Å². The summed E-state index contributed by atoms with van der Waals surface area (Å²) in [5.41, 5.74) is 5.04. The number of nitrogens with one attached hydrogen (secondary N) is 1. The first-order valence-electron chi connectivity index (χ1n) is 8.58. The lowest BCUT2D eigenvalue weighted by Gasteiger charge is -2.07. The van der Waals surface area contributed by atoms with Gasteiger partial charge >= 0.3 is 6.01 Å². The van der Waals surface area contributed by atoms with Gasteiger partial charge in [0.25, 0.3) is 10.0 Å². The molecule has 1 N–H and O–H groups in total. The van der Waals surface area contributed by atoms with Crippen molar-refractivity contribution >= 4 is 16.0 Å². The average molecular weight is 390 g/mol. The summed E-state index contributed by atoms with van der Waals surface area (Å²) >= 11 is 0. The molecule has 7 nitrogen and oxygen atoms in total. The van der Waals surface area contributed by atoms with Gasteiger partial charge < -0.3 is 4.42 Å². The van der Waals surface area contributed by atoms with Crippen LogP contribution in [0.5, 0.6) is 0 Å². The van der Waals surface area contributed by atoms with Crippen molar-refractivity contribution in [2.24, 2.45) is 0 Å². The molecule has 0 fully saturated rings. The van der Waals surface area contributed by atoms with E-state index in [9.17, 15) is 8.42 Å². The van der Waals surface area contributed by atoms with Gasteiger partial charge in [0.1, 0.15) is 0 Å². The predicted octanol–water partition coefficient (Wildman–Crippen LogP) is 3.50. The van der Waals surface area contributed by atoms with E-state index in [1.807, 2.05) is 24.3 Å². The van der Waals surface area contributed by atoms with Gasteiger partial charge in [0.05, 0.1) is 4.90 Å². The van der Waals surface area contributed by atoms with E-state index in [0.29, 0.717) is 12.0 Å². The third-order valence-corrected chi connectivity index (χ3v) is 5.97. The summed E-state index contributed by atoms with van der Waals surface area (Å²) in [5, 5.41) is 7.66. The van der Waals surface area contributed by atoms with Crippen molar-refractivity contribution < 1.29 is 12.8 Å². The van der Waals surface area contributed by atoms with Crippen LogP contribution in [-0.4, -0.2) is 23.6 Å². The molecule has 5 rings (SSSR count). The quantitative estimate of drug-likeness (QED) is 0.504. The van der Waals surface area contributed by atoms with Crippen LogP contribution in [0.4, 0.5) is 6.01 Å². The van der Waals surface area contributed by atoms with Crippen molar-refractivity contribution in [1.29, 1.82) is 0 Å². The Labute approximate surface area is 161 Å². The minimum atomic E-state index is -3.85. The Kier molecular flexibility index (Phi) is 3.73. The molecule has 0 bridgehead atoms. The smallest absolute Gasteiger partial charge is 0.330 e. The normalized spacial score (nSPS) is 12.4. The molecule has 2 heterocycles. The largest absolute Gasteiger partial charge is 0.403 e. The van der Waals surface area contributed by atoms with Gasteiger partial charge in [-0.2, -0.15) is 0 Å². The fourth-order valence-electron chi connectivity index (χ4n) is 3.34. The topological polar surface area (TPSA) is 98.0 Å². The second-order valence-electron chi connectivity index (χ2n) is 6.41. The summed E-state index contributed by atoms with van der Waals surface area (Å²) in [5.74, 6) is 0.213. The van der Waals surface area contributed by atoms with E-state index in [2.05, 4.69) is 26.0 Å². The lowest BCUT2D eigenvalue weighted by molar-refractivity contribution is 0.577. The molecule has 0 unspecified atom stereocenters.